The van der Waals surface area contributed by atoms with Crippen LogP contribution in [0, 0.1) is 34.0 Å². The number of hydrogen-bond donors (Lipinski definition) is 0. The van der Waals surface area contributed by atoms with Gasteiger partial charge in [0, 0.05) is 43.8 Å². The zero-order valence-corrected chi connectivity index (χ0v) is 36.2. The zero-order chi connectivity index (χ0) is 45.7. The molecular weight excluding hydrogens is 833 g/mol. The maximum Gasteiger partial charge on any atom is 0.166 e. The molecule has 0 atom stereocenters. The fourth-order valence-electron chi connectivity index (χ4n) is 9.57. The van der Waals surface area contributed by atoms with Gasteiger partial charge in [0.25, 0.3) is 0 Å². The summed E-state index contributed by atoms with van der Waals surface area (Å²) in [5.41, 5.74) is 13.2. The number of nitriles is 3. The number of aromatic nitrogens is 5. The molecule has 9 aromatic carbocycles. The largest absolute Gasteiger partial charge is 0.309 e. The van der Waals surface area contributed by atoms with Crippen molar-refractivity contribution in [2.75, 3.05) is 0 Å². The SMILES string of the molecule is N#Cc1ccc2c(c1)c1ccccc1n2-c1ccc(-c2ccccc2C#N)cc1-c1ccc(-n2c3ccccc3c3cc(C#N)ccc32)c(-c2nc(-c3ccccc3)nc(-c3ccccc3)n2)c1. The molecule has 0 fully saturated rings. The molecule has 8 heteroatoms. The molecule has 0 saturated carbocycles. The fraction of sp³-hybridized carbons (Fsp3) is 0. The average molecular weight is 867 g/mol. The molecule has 0 aliphatic rings. The Morgan fingerprint density at radius 2 is 0.750 bits per heavy atom. The Bertz CT molecular complexity index is 4070. The molecule has 0 spiro atoms. The van der Waals surface area contributed by atoms with Crippen molar-refractivity contribution in [1.82, 2.24) is 24.1 Å². The van der Waals surface area contributed by atoms with Crippen LogP contribution >= 0.6 is 0 Å². The predicted molar refractivity (Wildman–Crippen MR) is 270 cm³/mol. The van der Waals surface area contributed by atoms with Gasteiger partial charge < -0.3 is 9.13 Å². The molecule has 12 aromatic rings. The normalized spacial score (nSPS) is 11.2. The molecule has 3 aromatic heterocycles. The Kier molecular flexibility index (Phi) is 9.47. The smallest absolute Gasteiger partial charge is 0.166 e. The minimum Gasteiger partial charge on any atom is -0.309 e. The third-order valence-corrected chi connectivity index (χ3v) is 12.7. The van der Waals surface area contributed by atoms with Crippen LogP contribution in [-0.2, 0) is 0 Å². The molecule has 0 bridgehead atoms. The van der Waals surface area contributed by atoms with Crippen molar-refractivity contribution < 1.29 is 0 Å². The van der Waals surface area contributed by atoms with E-state index in [9.17, 15) is 15.8 Å². The van der Waals surface area contributed by atoms with E-state index >= 15 is 0 Å². The van der Waals surface area contributed by atoms with E-state index in [0.717, 1.165) is 93.9 Å². The van der Waals surface area contributed by atoms with Crippen LogP contribution in [-0.4, -0.2) is 24.1 Å². The molecule has 3 heterocycles. The van der Waals surface area contributed by atoms with Gasteiger partial charge in [-0.3, -0.25) is 0 Å². The second-order valence-corrected chi connectivity index (χ2v) is 16.6. The van der Waals surface area contributed by atoms with E-state index in [1.807, 2.05) is 146 Å². The van der Waals surface area contributed by atoms with Crippen LogP contribution in [0.3, 0.4) is 0 Å². The first kappa shape index (κ1) is 39.6. The van der Waals surface area contributed by atoms with E-state index in [1.165, 1.54) is 0 Å². The highest BCUT2D eigenvalue weighted by Gasteiger charge is 2.23. The molecule has 0 unspecified atom stereocenters. The van der Waals surface area contributed by atoms with Crippen molar-refractivity contribution in [3.05, 3.63) is 223 Å². The second kappa shape index (κ2) is 16.2. The molecule has 0 N–H and O–H groups in total. The molecule has 0 aliphatic heterocycles. The summed E-state index contributed by atoms with van der Waals surface area (Å²) < 4.78 is 4.50. The van der Waals surface area contributed by atoms with Gasteiger partial charge in [-0.15, -0.1) is 0 Å². The summed E-state index contributed by atoms with van der Waals surface area (Å²) in [5.74, 6) is 1.54. The first-order valence-electron chi connectivity index (χ1n) is 22.1. The second-order valence-electron chi connectivity index (χ2n) is 16.6. The van der Waals surface area contributed by atoms with Gasteiger partial charge >= 0.3 is 0 Å². The van der Waals surface area contributed by atoms with Crippen molar-refractivity contribution >= 4 is 43.6 Å². The third-order valence-electron chi connectivity index (χ3n) is 12.7. The highest BCUT2D eigenvalue weighted by Crippen LogP contribution is 2.43. The number of benzene rings is 9. The minimum atomic E-state index is 0.475. The van der Waals surface area contributed by atoms with Gasteiger partial charge in [0.15, 0.2) is 17.5 Å². The first-order valence-corrected chi connectivity index (χ1v) is 22.1. The number of para-hydroxylation sites is 2. The molecule has 12 rings (SSSR count). The molecule has 0 saturated heterocycles. The minimum absolute atomic E-state index is 0.475. The lowest BCUT2D eigenvalue weighted by Crippen LogP contribution is -2.04. The summed E-state index contributed by atoms with van der Waals surface area (Å²) in [6, 6.07) is 75.6. The standard InChI is InChI=1S/C60H34N8/c61-35-38-23-27-55-49(31-38)46-19-9-11-21-52(46)67(55)54-29-25-42(45-18-8-7-17-44(45)37-63)33-48(54)43-26-30-57(68-53-22-12-10-20-47(53)50-32-39(36-62)24-28-56(50)68)51(34-43)60-65-58(40-13-3-1-4-14-40)64-59(66-60)41-15-5-2-6-16-41/h1-34H. The lowest BCUT2D eigenvalue weighted by Gasteiger charge is -2.19. The Balaban J connectivity index is 1.20. The third kappa shape index (κ3) is 6.55. The Morgan fingerprint density at radius 1 is 0.309 bits per heavy atom. The van der Waals surface area contributed by atoms with Crippen molar-refractivity contribution in [3.8, 4) is 86.0 Å². The number of nitrogens with zero attached hydrogens (tertiary/aromatic N) is 8. The molecule has 0 radical (unpaired) electrons. The predicted octanol–water partition coefficient (Wildman–Crippen LogP) is 14.0. The summed E-state index contributed by atoms with van der Waals surface area (Å²) >= 11 is 0. The Labute approximate surface area is 390 Å². The van der Waals surface area contributed by atoms with Crippen LogP contribution in [0.2, 0.25) is 0 Å². The summed E-state index contributed by atoms with van der Waals surface area (Å²) in [7, 11) is 0. The van der Waals surface area contributed by atoms with Crippen LogP contribution in [0.15, 0.2) is 206 Å². The quantitative estimate of drug-likeness (QED) is 0.157. The Hall–Kier alpha value is -9.94. The van der Waals surface area contributed by atoms with E-state index in [1.54, 1.807) is 0 Å². The van der Waals surface area contributed by atoms with Gasteiger partial charge in [-0.05, 0) is 95.6 Å². The number of hydrogen-bond acceptors (Lipinski definition) is 6. The lowest BCUT2D eigenvalue weighted by atomic mass is 9.93. The number of rotatable bonds is 7. The molecular formula is C60H34N8. The zero-order valence-electron chi connectivity index (χ0n) is 36.2. The van der Waals surface area contributed by atoms with Crippen LogP contribution in [0.5, 0.6) is 0 Å². The van der Waals surface area contributed by atoms with Gasteiger partial charge in [0.1, 0.15) is 0 Å². The monoisotopic (exact) mass is 866 g/mol. The van der Waals surface area contributed by atoms with Gasteiger partial charge in [0.05, 0.1) is 68.3 Å². The van der Waals surface area contributed by atoms with E-state index < -0.39 is 0 Å². The van der Waals surface area contributed by atoms with Gasteiger partial charge in [0.2, 0.25) is 0 Å². The average Bonchev–Trinajstić information content (AvgIpc) is 3.92. The molecule has 0 aliphatic carbocycles. The molecule has 8 nitrogen and oxygen atoms in total. The van der Waals surface area contributed by atoms with Gasteiger partial charge in [-0.1, -0.05) is 127 Å². The van der Waals surface area contributed by atoms with Gasteiger partial charge in [-0.2, -0.15) is 15.8 Å². The maximum atomic E-state index is 10.3. The van der Waals surface area contributed by atoms with Crippen LogP contribution in [0.25, 0.3) is 111 Å². The van der Waals surface area contributed by atoms with Crippen molar-refractivity contribution in [1.29, 1.82) is 15.8 Å². The van der Waals surface area contributed by atoms with Crippen molar-refractivity contribution in [2.24, 2.45) is 0 Å². The Morgan fingerprint density at radius 3 is 1.29 bits per heavy atom. The lowest BCUT2D eigenvalue weighted by molar-refractivity contribution is 1.06. The number of fused-ring (bicyclic) bond motifs is 6. The topological polar surface area (TPSA) is 120 Å². The van der Waals surface area contributed by atoms with Crippen LogP contribution < -0.4 is 0 Å². The highest BCUT2D eigenvalue weighted by atomic mass is 15.1. The van der Waals surface area contributed by atoms with Crippen molar-refractivity contribution in [2.45, 2.75) is 0 Å². The summed E-state index contributed by atoms with van der Waals surface area (Å²) in [4.78, 5) is 15.7. The van der Waals surface area contributed by atoms with E-state index in [0.29, 0.717) is 34.2 Å². The van der Waals surface area contributed by atoms with Crippen LogP contribution in [0.1, 0.15) is 16.7 Å². The summed E-state index contributed by atoms with van der Waals surface area (Å²) in [6.45, 7) is 0. The maximum absolute atomic E-state index is 10.3. The summed E-state index contributed by atoms with van der Waals surface area (Å²) in [5, 5.41) is 34.3. The van der Waals surface area contributed by atoms with Crippen LogP contribution in [0.4, 0.5) is 0 Å². The van der Waals surface area contributed by atoms with Gasteiger partial charge in [-0.25, -0.2) is 15.0 Å². The molecule has 0 amide bonds. The first-order chi connectivity index (χ1) is 33.6. The highest BCUT2D eigenvalue weighted by molar-refractivity contribution is 6.11. The fourth-order valence-corrected chi connectivity index (χ4v) is 9.57. The van der Waals surface area contributed by atoms with E-state index in [4.69, 9.17) is 15.0 Å². The van der Waals surface area contributed by atoms with E-state index in [2.05, 4.69) is 88.0 Å². The van der Waals surface area contributed by atoms with Crippen molar-refractivity contribution in [3.63, 3.8) is 0 Å². The molecule has 314 valence electrons. The molecule has 68 heavy (non-hydrogen) atoms. The summed E-state index contributed by atoms with van der Waals surface area (Å²) in [6.07, 6.45) is 0. The van der Waals surface area contributed by atoms with E-state index in [-0.39, 0.29) is 0 Å².